The third-order valence-electron chi connectivity index (χ3n) is 5.36. The van der Waals surface area contributed by atoms with Gasteiger partial charge in [-0.2, -0.15) is 0 Å². The second kappa shape index (κ2) is 10.9. The molecule has 1 aliphatic rings. The van der Waals surface area contributed by atoms with E-state index in [1.807, 2.05) is 6.92 Å². The second-order valence-electron chi connectivity index (χ2n) is 7.42. The number of rotatable bonds is 9. The Labute approximate surface area is 169 Å². The van der Waals surface area contributed by atoms with Crippen LogP contribution in [0.5, 0.6) is 0 Å². The quantitative estimate of drug-likeness (QED) is 0.487. The maximum absolute atomic E-state index is 11.5. The summed E-state index contributed by atoms with van der Waals surface area (Å²) in [6, 6.07) is 19.1. The Kier molecular flexibility index (Phi) is 7.92. The highest BCUT2D eigenvalue weighted by molar-refractivity contribution is 5.72. The Morgan fingerprint density at radius 2 is 1.57 bits per heavy atom. The molecule has 0 aliphatic carbocycles. The summed E-state index contributed by atoms with van der Waals surface area (Å²) in [4.78, 5) is 16.6. The minimum Gasteiger partial charge on any atom is -0.466 e. The molecule has 4 heteroatoms. The highest BCUT2D eigenvalue weighted by atomic mass is 16.5. The lowest BCUT2D eigenvalue weighted by Gasteiger charge is -2.36. The summed E-state index contributed by atoms with van der Waals surface area (Å²) in [5.74, 6) is -0.150. The largest absolute Gasteiger partial charge is 0.466 e. The van der Waals surface area contributed by atoms with E-state index in [1.165, 1.54) is 30.6 Å². The van der Waals surface area contributed by atoms with Gasteiger partial charge in [-0.25, -0.2) is 0 Å². The number of hydrogen-bond acceptors (Lipinski definition) is 4. The van der Waals surface area contributed by atoms with E-state index in [1.54, 1.807) is 0 Å². The lowest BCUT2D eigenvalue weighted by molar-refractivity contribution is -0.142. The number of aryl methyl sites for hydroxylation is 1. The molecule has 0 aromatic heterocycles. The van der Waals surface area contributed by atoms with Crippen LogP contribution in [0.15, 0.2) is 54.6 Å². The van der Waals surface area contributed by atoms with Gasteiger partial charge in [0.05, 0.1) is 13.0 Å². The smallest absolute Gasteiger partial charge is 0.310 e. The molecular formula is C24H32N2O2. The molecule has 1 fully saturated rings. The van der Waals surface area contributed by atoms with Gasteiger partial charge in [-0.1, -0.05) is 42.5 Å². The summed E-state index contributed by atoms with van der Waals surface area (Å²) in [5.41, 5.74) is 3.72. The van der Waals surface area contributed by atoms with Crippen molar-refractivity contribution < 1.29 is 9.53 Å². The molecule has 0 amide bonds. The maximum Gasteiger partial charge on any atom is 0.310 e. The summed E-state index contributed by atoms with van der Waals surface area (Å²) in [5, 5.41) is 0. The molecule has 2 aromatic carbocycles. The van der Waals surface area contributed by atoms with Crippen molar-refractivity contribution in [1.29, 1.82) is 0 Å². The second-order valence-corrected chi connectivity index (χ2v) is 7.42. The van der Waals surface area contributed by atoms with E-state index in [9.17, 15) is 4.79 Å². The van der Waals surface area contributed by atoms with Crippen LogP contribution in [0.1, 0.15) is 30.9 Å². The van der Waals surface area contributed by atoms with Gasteiger partial charge in [-0.05, 0) is 56.0 Å². The molecule has 150 valence electrons. The molecule has 1 saturated heterocycles. The van der Waals surface area contributed by atoms with E-state index >= 15 is 0 Å². The monoisotopic (exact) mass is 380 g/mol. The van der Waals surface area contributed by atoms with E-state index in [0.717, 1.165) is 38.2 Å². The number of para-hydroxylation sites is 1. The van der Waals surface area contributed by atoms with Crippen LogP contribution in [0.25, 0.3) is 0 Å². The first-order valence-corrected chi connectivity index (χ1v) is 10.5. The molecule has 3 rings (SSSR count). The topological polar surface area (TPSA) is 32.8 Å². The van der Waals surface area contributed by atoms with Crippen molar-refractivity contribution >= 4 is 11.7 Å². The predicted octanol–water partition coefficient (Wildman–Crippen LogP) is 3.94. The van der Waals surface area contributed by atoms with Crippen LogP contribution in [0.2, 0.25) is 0 Å². The van der Waals surface area contributed by atoms with Crippen molar-refractivity contribution in [2.24, 2.45) is 0 Å². The molecular weight excluding hydrogens is 348 g/mol. The fourth-order valence-electron chi connectivity index (χ4n) is 3.74. The van der Waals surface area contributed by atoms with Crippen molar-refractivity contribution in [1.82, 2.24) is 4.90 Å². The van der Waals surface area contributed by atoms with Crippen LogP contribution in [-0.4, -0.2) is 50.2 Å². The van der Waals surface area contributed by atoms with Crippen LogP contribution in [0.4, 0.5) is 5.69 Å². The summed E-state index contributed by atoms with van der Waals surface area (Å²) in [7, 11) is 0. The van der Waals surface area contributed by atoms with Gasteiger partial charge in [0.2, 0.25) is 0 Å². The SMILES string of the molecule is CCOC(=O)Cc1ccc(CCCCN2CCN(c3ccccc3)CC2)cc1. The van der Waals surface area contributed by atoms with Crippen LogP contribution in [0, 0.1) is 0 Å². The lowest BCUT2D eigenvalue weighted by atomic mass is 10.0. The van der Waals surface area contributed by atoms with Crippen molar-refractivity contribution in [3.8, 4) is 0 Å². The zero-order valence-corrected chi connectivity index (χ0v) is 17.0. The highest BCUT2D eigenvalue weighted by Gasteiger charge is 2.16. The number of anilines is 1. The van der Waals surface area contributed by atoms with Crippen molar-refractivity contribution in [3.63, 3.8) is 0 Å². The van der Waals surface area contributed by atoms with Gasteiger partial charge in [0.15, 0.2) is 0 Å². The molecule has 0 radical (unpaired) electrons. The Bertz CT molecular complexity index is 707. The predicted molar refractivity (Wildman–Crippen MR) is 115 cm³/mol. The molecule has 1 heterocycles. The fourth-order valence-corrected chi connectivity index (χ4v) is 3.74. The molecule has 0 atom stereocenters. The Hall–Kier alpha value is -2.33. The van der Waals surface area contributed by atoms with Crippen molar-refractivity contribution in [2.75, 3.05) is 44.2 Å². The number of esters is 1. The highest BCUT2D eigenvalue weighted by Crippen LogP contribution is 2.16. The number of hydrogen-bond donors (Lipinski definition) is 0. The minimum absolute atomic E-state index is 0.150. The fraction of sp³-hybridized carbons (Fsp3) is 0.458. The average molecular weight is 381 g/mol. The number of benzene rings is 2. The molecule has 0 saturated carbocycles. The van der Waals surface area contributed by atoms with E-state index in [2.05, 4.69) is 64.4 Å². The number of carbonyl (C=O) groups is 1. The zero-order valence-electron chi connectivity index (χ0n) is 17.0. The van der Waals surface area contributed by atoms with E-state index < -0.39 is 0 Å². The molecule has 2 aromatic rings. The van der Waals surface area contributed by atoms with Gasteiger partial charge in [-0.15, -0.1) is 0 Å². The van der Waals surface area contributed by atoms with Gasteiger partial charge in [0, 0.05) is 31.9 Å². The Morgan fingerprint density at radius 3 is 2.25 bits per heavy atom. The number of piperazine rings is 1. The normalized spacial score (nSPS) is 14.8. The molecule has 1 aliphatic heterocycles. The summed E-state index contributed by atoms with van der Waals surface area (Å²) in [6.45, 7) is 8.00. The van der Waals surface area contributed by atoms with Gasteiger partial charge in [0.25, 0.3) is 0 Å². The summed E-state index contributed by atoms with van der Waals surface area (Å²) in [6.07, 6.45) is 3.90. The Balaban J connectivity index is 1.31. The molecule has 0 bridgehead atoms. The van der Waals surface area contributed by atoms with Crippen LogP contribution >= 0.6 is 0 Å². The van der Waals surface area contributed by atoms with E-state index in [-0.39, 0.29) is 5.97 Å². The first-order valence-electron chi connectivity index (χ1n) is 10.5. The average Bonchev–Trinajstić information content (AvgIpc) is 2.74. The van der Waals surface area contributed by atoms with Crippen LogP contribution in [-0.2, 0) is 22.4 Å². The number of ether oxygens (including phenoxy) is 1. The molecule has 0 unspecified atom stereocenters. The summed E-state index contributed by atoms with van der Waals surface area (Å²) < 4.78 is 5.00. The van der Waals surface area contributed by atoms with E-state index in [0.29, 0.717) is 13.0 Å². The third-order valence-corrected chi connectivity index (χ3v) is 5.36. The van der Waals surface area contributed by atoms with Gasteiger partial charge in [0.1, 0.15) is 0 Å². The molecule has 0 N–H and O–H groups in total. The first kappa shape index (κ1) is 20.4. The summed E-state index contributed by atoms with van der Waals surface area (Å²) >= 11 is 0. The van der Waals surface area contributed by atoms with E-state index in [4.69, 9.17) is 4.74 Å². The lowest BCUT2D eigenvalue weighted by Crippen LogP contribution is -2.46. The standard InChI is InChI=1S/C24H32N2O2/c1-2-28-24(27)20-22-13-11-21(12-14-22)8-6-7-15-25-16-18-26(19-17-25)23-9-4-3-5-10-23/h3-5,9-14H,2,6-8,15-20H2,1H3. The number of nitrogens with zero attached hydrogens (tertiary/aromatic N) is 2. The van der Waals surface area contributed by atoms with Gasteiger partial charge >= 0.3 is 5.97 Å². The molecule has 4 nitrogen and oxygen atoms in total. The Morgan fingerprint density at radius 1 is 0.893 bits per heavy atom. The molecule has 0 spiro atoms. The van der Waals surface area contributed by atoms with Crippen LogP contribution in [0.3, 0.4) is 0 Å². The zero-order chi connectivity index (χ0) is 19.6. The first-order chi connectivity index (χ1) is 13.7. The van der Waals surface area contributed by atoms with Crippen molar-refractivity contribution in [3.05, 3.63) is 65.7 Å². The van der Waals surface area contributed by atoms with Crippen molar-refractivity contribution in [2.45, 2.75) is 32.6 Å². The van der Waals surface area contributed by atoms with Gasteiger partial charge < -0.3 is 9.64 Å². The number of unbranched alkanes of at least 4 members (excludes halogenated alkanes) is 1. The molecule has 28 heavy (non-hydrogen) atoms. The number of carbonyl (C=O) groups excluding carboxylic acids is 1. The third kappa shape index (κ3) is 6.38. The minimum atomic E-state index is -0.150. The van der Waals surface area contributed by atoms with Gasteiger partial charge in [-0.3, -0.25) is 9.69 Å². The maximum atomic E-state index is 11.5. The van der Waals surface area contributed by atoms with Crippen LogP contribution < -0.4 is 4.90 Å².